The Balaban J connectivity index is 0.000000593. The van der Waals surface area contributed by atoms with Gasteiger partial charge in [-0.1, -0.05) is 197 Å². The van der Waals surface area contributed by atoms with Gasteiger partial charge in [0.25, 0.3) is 5.78 Å². The van der Waals surface area contributed by atoms with Crippen LogP contribution >= 0.6 is 22.6 Å². The first-order chi connectivity index (χ1) is 68.9. The van der Waals surface area contributed by atoms with Gasteiger partial charge in [-0.2, -0.15) is 0 Å². The smallest absolute Gasteiger partial charge is 0.379 e. The Hall–Kier alpha value is -7.42. The molecule has 34 heteroatoms. The summed E-state index contributed by atoms with van der Waals surface area (Å²) in [5.74, 6) is 2.14. The van der Waals surface area contributed by atoms with Crippen LogP contribution in [0.2, 0.25) is 72.5 Å². The Morgan fingerprint density at radius 3 is 1.14 bits per heavy atom. The largest absolute Gasteiger partial charge is 0.508 e. The fourth-order valence-corrected chi connectivity index (χ4v) is 19.1. The number of ether oxygens (including phenoxy) is 17. The fraction of sp³-hybridized carbons (Fsp3) is 0.578. The molecule has 2 spiro atoms. The molecule has 13 rings (SSSR count). The minimum Gasteiger partial charge on any atom is -0.508 e. The minimum absolute atomic E-state index is 0. The summed E-state index contributed by atoms with van der Waals surface area (Å²) in [6, 6.07) is 42.0. The van der Waals surface area contributed by atoms with Crippen molar-refractivity contribution in [2.75, 3.05) is 123 Å². The van der Waals surface area contributed by atoms with Gasteiger partial charge in [-0.05, 0) is 232 Å². The van der Waals surface area contributed by atoms with Crippen molar-refractivity contribution in [2.24, 2.45) is 0 Å². The van der Waals surface area contributed by atoms with E-state index < -0.39 is 56.4 Å². The molecule has 0 bridgehead atoms. The van der Waals surface area contributed by atoms with Gasteiger partial charge in [0.1, 0.15) is 40.2 Å². The molecule has 150 heavy (non-hydrogen) atoms. The first-order valence-electron chi connectivity index (χ1n) is 50.1. The number of aliphatic hydroxyl groups is 2. The Morgan fingerprint density at radius 2 is 0.740 bits per heavy atom. The van der Waals surface area contributed by atoms with Crippen LogP contribution in [0.4, 0.5) is 0 Å². The molecule has 6 aliphatic rings. The molecule has 4 saturated carbocycles. The van der Waals surface area contributed by atoms with Crippen molar-refractivity contribution in [3.8, 4) is 40.2 Å². The SMILES string of the molecule is C.C.C.C=C(C(=O)OCC)c1c(CO[Si](C)(C)C(C)(C)C)cccc1OCOC.CCOC(=O)C(=O)c1c(CO[Si](C)(C)C(C)(C)C)cccc1OCOC.CCOC(=O)C1(c2c(CO[Si](C)(C)C(C)(C)C)cccc2OCOC)CC1.COCOc1cccc(CO)c1C1(CO)CC1.COCOc1cccc(CO[Si](C)(C)C(C)(C)C)c1.COCOc1cccc2c1C1(CC1)COC2.Oc1cccc2c1C1(CC1)COC2.[CH2-]I.[V]. The number of ketones is 1. The molecule has 4 fully saturated rings. The van der Waals surface area contributed by atoms with Gasteiger partial charge in [-0.3, -0.25) is 14.5 Å². The van der Waals surface area contributed by atoms with Crippen molar-refractivity contribution in [1.29, 1.82) is 0 Å². The number of hydrogen-bond acceptors (Lipinski definition) is 28. The Kier molecular flexibility index (Phi) is 58.9. The normalized spacial score (nSPS) is 14.8. The number of phenolic OH excluding ortho intramolecular Hbond substituents is 1. The van der Waals surface area contributed by atoms with Crippen LogP contribution in [0.1, 0.15) is 255 Å². The topological polar surface area (TPSA) is 323 Å². The molecular weight excluding hydrogens is 2130 g/mol. The van der Waals surface area contributed by atoms with Crippen LogP contribution < -0.4 is 28.4 Å². The number of benzene rings is 7. The molecule has 7 aromatic rings. The fourth-order valence-electron chi connectivity index (χ4n) is 15.3. The van der Waals surface area contributed by atoms with E-state index >= 15 is 0 Å². The van der Waals surface area contributed by atoms with Crippen LogP contribution in [0, 0.1) is 4.93 Å². The quantitative estimate of drug-likeness (QED) is 0.00368. The second-order valence-electron chi connectivity index (χ2n) is 43.1. The van der Waals surface area contributed by atoms with E-state index in [2.05, 4.69) is 159 Å². The van der Waals surface area contributed by atoms with Crippen molar-refractivity contribution in [2.45, 2.75) is 318 Å². The van der Waals surface area contributed by atoms with Gasteiger partial charge in [-0.15, -0.1) is 0 Å². The maximum absolute atomic E-state index is 12.7. The maximum atomic E-state index is 12.7. The molecule has 0 aromatic heterocycles. The van der Waals surface area contributed by atoms with E-state index in [4.69, 9.17) is 98.2 Å². The van der Waals surface area contributed by atoms with E-state index in [1.165, 1.54) is 36.6 Å². The number of halogens is 1. The first-order valence-corrected chi connectivity index (χ1v) is 63.2. The number of esters is 3. The predicted molar refractivity (Wildman–Crippen MR) is 609 cm³/mol. The number of hydrogen-bond donors (Lipinski definition) is 3. The van der Waals surface area contributed by atoms with Crippen LogP contribution in [0.15, 0.2) is 140 Å². The summed E-state index contributed by atoms with van der Waals surface area (Å²) in [6.45, 7) is 59.7. The molecule has 0 saturated heterocycles. The Bertz CT molecular complexity index is 5140. The zero-order chi connectivity index (χ0) is 109. The van der Waals surface area contributed by atoms with Crippen LogP contribution in [-0.4, -0.2) is 195 Å². The van der Waals surface area contributed by atoms with E-state index in [-0.39, 0.29) is 167 Å². The second-order valence-corrected chi connectivity index (χ2v) is 62.3. The molecule has 3 N–H and O–H groups in total. The van der Waals surface area contributed by atoms with E-state index in [1.807, 2.05) is 121 Å². The summed E-state index contributed by atoms with van der Waals surface area (Å²) in [7, 11) is 1.86. The van der Waals surface area contributed by atoms with E-state index in [9.17, 15) is 34.5 Å². The van der Waals surface area contributed by atoms with Crippen molar-refractivity contribution in [1.82, 2.24) is 0 Å². The molecule has 28 nitrogen and oxygen atoms in total. The number of carbonyl (C=O) groups excluding carboxylic acids is 4. The zero-order valence-corrected chi connectivity index (χ0v) is 101. The molecule has 2 heterocycles. The number of aliphatic hydroxyl groups excluding tert-OH is 2. The number of aromatic hydroxyl groups is 1. The van der Waals surface area contributed by atoms with Crippen LogP contribution in [-0.2, 0) is 171 Å². The third kappa shape index (κ3) is 39.1. The first kappa shape index (κ1) is 139. The third-order valence-electron chi connectivity index (χ3n) is 28.5. The van der Waals surface area contributed by atoms with Gasteiger partial charge >= 0.3 is 17.9 Å². The average molecular weight is 2310 g/mol. The summed E-state index contributed by atoms with van der Waals surface area (Å²) in [5.41, 5.74) is 11.8. The summed E-state index contributed by atoms with van der Waals surface area (Å²) >= 11 is 1.90. The predicted octanol–water partition coefficient (Wildman–Crippen LogP) is 26.2. The van der Waals surface area contributed by atoms with Gasteiger partial charge in [-0.25, -0.2) is 9.59 Å². The van der Waals surface area contributed by atoms with E-state index in [0.29, 0.717) is 80.6 Å². The van der Waals surface area contributed by atoms with Gasteiger partial charge < -0.3 is 136 Å². The van der Waals surface area contributed by atoms with Crippen molar-refractivity contribution < 1.29 is 151 Å². The maximum Gasteiger partial charge on any atom is 0.379 e. The number of phenols is 1. The number of fused-ring (bicyclic) bond motifs is 4. The number of rotatable bonds is 42. The van der Waals surface area contributed by atoms with Crippen molar-refractivity contribution >= 4 is 85.1 Å². The molecule has 843 valence electrons. The van der Waals surface area contributed by atoms with E-state index in [0.717, 1.165) is 102 Å². The van der Waals surface area contributed by atoms with Gasteiger partial charge in [0.05, 0.1) is 102 Å². The molecule has 1 radical (unpaired) electrons. The van der Waals surface area contributed by atoms with Gasteiger partial charge in [0.15, 0.2) is 74.0 Å². The summed E-state index contributed by atoms with van der Waals surface area (Å²) < 4.78 is 115. The minimum atomic E-state index is -2.02. The Morgan fingerprint density at radius 1 is 0.400 bits per heavy atom. The zero-order valence-electron chi connectivity index (χ0n) is 93.1. The second kappa shape index (κ2) is 63.7. The van der Waals surface area contributed by atoms with Crippen molar-refractivity contribution in [3.05, 3.63) is 217 Å². The summed E-state index contributed by atoms with van der Waals surface area (Å²) in [4.78, 5) is 52.8. The molecule has 2 aliphatic heterocycles. The van der Waals surface area contributed by atoms with Gasteiger partial charge in [0.2, 0.25) is 0 Å². The van der Waals surface area contributed by atoms with Crippen LogP contribution in [0.25, 0.3) is 5.57 Å². The Labute approximate surface area is 928 Å². The summed E-state index contributed by atoms with van der Waals surface area (Å²) in [6.07, 6.45) is 8.17. The third-order valence-corrected chi connectivity index (χ3v) is 46.4. The van der Waals surface area contributed by atoms with E-state index in [1.54, 1.807) is 79.7 Å². The molecule has 0 unspecified atom stereocenters. The number of methoxy groups -OCH3 is 6. The number of Topliss-reactive ketones (excluding diaryl/α,β-unsaturated/α-hetero) is 1. The molecule has 7 aromatic carbocycles. The molecule has 4 aliphatic carbocycles. The van der Waals surface area contributed by atoms with Crippen LogP contribution in [0.5, 0.6) is 40.2 Å². The monoisotopic (exact) mass is 2310 g/mol. The molecule has 0 amide bonds. The van der Waals surface area contributed by atoms with Crippen molar-refractivity contribution in [3.63, 3.8) is 0 Å². The standard InChI is InChI=1S/C21H34O5Si.C20H32O5Si.C19H30O6Si.C15H26O3Si.C13H18O4.C13H16O3.C11H12O2.CH2I.3CH4.V/c1-8-24-19(22)21(12-13-21)18-16(10-9-11-17(18)25-15-23-5)14-26-27(6,7)20(2,3)4;1-9-23-19(21)15(2)18-16(11-10-12-17(18)24-14-22-6)13-25-26(7,8)20(3,4)5;1-8-23-18(21)17(20)16-14(10-9-11-15(16)24-13-22-5)12-25-26(6,7)19(2,3)4;1-15(2,3)19(5,6)18-11-13-8-7-9-14(10-13)17-12-16-4;1-16-9-17-11-4-2-3-10(7-14)12(11)13(8-15)5-6-13;1-14-9-16-11-4-2-3-10-7-15-8-13(5-6-13)12(10)11;12-9-3-1-2-8-6-13-7-11(4-5-11)10(8)9;1-2;;;;/h9-11H,8,12-15H2,1-7H3;10-12H,2,9,13-14H2,1,3-8H3;9-11H,8,12-13H2,1-7H3;7-10H,11-12H2,1-6H3;2-4,14-15H,5-9H2,1H3;2-4H,5-9H2,1H3;1-3,12H,4-7H2;1H2;3*1H4;/q;;;;;;;-1;;;;. The average Bonchev–Trinajstić information content (AvgIpc) is 1.59. The summed E-state index contributed by atoms with van der Waals surface area (Å²) in [5, 5.41) is 29.2. The molecular formula is C116H182IO28Si4V-. The molecule has 0 atom stereocenters. The number of carbonyl (C=O) groups is 4. The van der Waals surface area contributed by atoms with Gasteiger partial charge in [0, 0.05) is 105 Å². The van der Waals surface area contributed by atoms with Crippen LogP contribution in [0.3, 0.4) is 0 Å².